The van der Waals surface area contributed by atoms with Crippen LogP contribution in [0.25, 0.3) is 0 Å². The molecule has 8 heteroatoms. The Morgan fingerprint density at radius 3 is 2.82 bits per heavy atom. The van der Waals surface area contributed by atoms with Crippen LogP contribution in [0.5, 0.6) is 0 Å². The van der Waals surface area contributed by atoms with Crippen LogP contribution in [0.15, 0.2) is 5.38 Å². The second-order valence-electron chi connectivity index (χ2n) is 5.11. The number of anilines is 1. The normalized spacial score (nSPS) is 12.0. The quantitative estimate of drug-likeness (QED) is 0.635. The molecule has 1 aromatic rings. The molecule has 0 bridgehead atoms. The van der Waals surface area contributed by atoms with E-state index in [2.05, 4.69) is 15.6 Å². The highest BCUT2D eigenvalue weighted by molar-refractivity contribution is 7.13. The molecule has 0 saturated heterocycles. The maximum absolute atomic E-state index is 11.6. The van der Waals surface area contributed by atoms with Crippen LogP contribution in [0.2, 0.25) is 0 Å². The van der Waals surface area contributed by atoms with Gasteiger partial charge in [-0.2, -0.15) is 0 Å². The molecule has 124 valence electrons. The molecule has 1 rings (SSSR count). The van der Waals surface area contributed by atoms with Gasteiger partial charge in [0.25, 0.3) is 0 Å². The summed E-state index contributed by atoms with van der Waals surface area (Å²) in [5, 5.41) is 17.2. The molecule has 0 radical (unpaired) electrons. The van der Waals surface area contributed by atoms with Crippen molar-refractivity contribution in [2.45, 2.75) is 39.7 Å². The second-order valence-corrected chi connectivity index (χ2v) is 5.97. The lowest BCUT2D eigenvalue weighted by Gasteiger charge is -2.10. The first-order chi connectivity index (χ1) is 10.4. The molecule has 0 aliphatic rings. The summed E-state index contributed by atoms with van der Waals surface area (Å²) < 4.78 is 4.92. The molecular weight excluding hydrogens is 306 g/mol. The topological polar surface area (TPSA) is 101 Å². The lowest BCUT2D eigenvalue weighted by molar-refractivity contribution is -0.118. The van der Waals surface area contributed by atoms with E-state index in [9.17, 15) is 14.7 Å². The lowest BCUT2D eigenvalue weighted by atomic mass is 10.2. The first kappa shape index (κ1) is 18.4. The monoisotopic (exact) mass is 329 g/mol. The van der Waals surface area contributed by atoms with Gasteiger partial charge in [-0.25, -0.2) is 9.78 Å². The molecule has 0 spiro atoms. The van der Waals surface area contributed by atoms with Gasteiger partial charge in [0.2, 0.25) is 5.91 Å². The van der Waals surface area contributed by atoms with Crippen molar-refractivity contribution in [3.63, 3.8) is 0 Å². The number of aliphatic hydroxyl groups is 1. The van der Waals surface area contributed by atoms with E-state index in [4.69, 9.17) is 4.74 Å². The van der Waals surface area contributed by atoms with Crippen LogP contribution in [0.4, 0.5) is 9.93 Å². The summed E-state index contributed by atoms with van der Waals surface area (Å²) in [7, 11) is 0. The smallest absolute Gasteiger partial charge is 0.407 e. The van der Waals surface area contributed by atoms with Crippen LogP contribution in [0, 0.1) is 5.92 Å². The second kappa shape index (κ2) is 9.37. The predicted molar refractivity (Wildman–Crippen MR) is 84.8 cm³/mol. The van der Waals surface area contributed by atoms with Gasteiger partial charge in [-0.05, 0) is 6.42 Å². The largest absolute Gasteiger partial charge is 0.450 e. The summed E-state index contributed by atoms with van der Waals surface area (Å²) in [5.74, 6) is -0.273. The molecule has 0 fully saturated rings. The maximum Gasteiger partial charge on any atom is 0.407 e. The maximum atomic E-state index is 11.6. The summed E-state index contributed by atoms with van der Waals surface area (Å²) in [6, 6.07) is 0. The number of ether oxygens (including phenoxy) is 1. The summed E-state index contributed by atoms with van der Waals surface area (Å²) in [5.41, 5.74) is 0.401. The van der Waals surface area contributed by atoms with Crippen molar-refractivity contribution < 1.29 is 19.4 Å². The molecule has 7 nitrogen and oxygen atoms in total. The van der Waals surface area contributed by atoms with Crippen molar-refractivity contribution in [2.24, 2.45) is 5.92 Å². The molecule has 0 aliphatic carbocycles. The number of hydrogen-bond acceptors (Lipinski definition) is 6. The fourth-order valence-corrected chi connectivity index (χ4v) is 2.15. The predicted octanol–water partition coefficient (Wildman–Crippen LogP) is 2.30. The Morgan fingerprint density at radius 2 is 2.18 bits per heavy atom. The Balaban J connectivity index is 2.39. The number of carbonyl (C=O) groups excluding carboxylic acids is 2. The van der Waals surface area contributed by atoms with Crippen molar-refractivity contribution in [1.82, 2.24) is 10.3 Å². The molecule has 0 aliphatic heterocycles. The van der Waals surface area contributed by atoms with Crippen molar-refractivity contribution in [2.75, 3.05) is 18.5 Å². The number of carbonyl (C=O) groups is 2. The van der Waals surface area contributed by atoms with Crippen molar-refractivity contribution in [3.8, 4) is 0 Å². The van der Waals surface area contributed by atoms with E-state index in [0.717, 1.165) is 12.8 Å². The van der Waals surface area contributed by atoms with E-state index in [1.807, 2.05) is 6.92 Å². The number of alkyl carbamates (subject to hydrolysis) is 1. The molecule has 0 aromatic carbocycles. The molecule has 2 amide bonds. The van der Waals surface area contributed by atoms with Gasteiger partial charge >= 0.3 is 6.09 Å². The molecule has 0 saturated carbocycles. The van der Waals surface area contributed by atoms with E-state index in [0.29, 0.717) is 17.4 Å². The number of nitrogens with zero attached hydrogens (tertiary/aromatic N) is 1. The van der Waals surface area contributed by atoms with E-state index in [-0.39, 0.29) is 18.4 Å². The Morgan fingerprint density at radius 1 is 1.45 bits per heavy atom. The van der Waals surface area contributed by atoms with Gasteiger partial charge in [-0.15, -0.1) is 11.3 Å². The van der Waals surface area contributed by atoms with Crippen LogP contribution in [0.1, 0.15) is 45.4 Å². The Labute approximate surface area is 134 Å². The van der Waals surface area contributed by atoms with Gasteiger partial charge in [0.05, 0.1) is 18.8 Å². The van der Waals surface area contributed by atoms with Crippen LogP contribution in [-0.4, -0.2) is 35.2 Å². The van der Waals surface area contributed by atoms with E-state index < -0.39 is 12.2 Å². The number of unbranched alkanes of at least 4 members (excludes halogenated alkanes) is 1. The molecule has 1 atom stereocenters. The van der Waals surface area contributed by atoms with Gasteiger partial charge in [0.1, 0.15) is 6.10 Å². The van der Waals surface area contributed by atoms with Gasteiger partial charge in [-0.3, -0.25) is 4.79 Å². The highest BCUT2D eigenvalue weighted by atomic mass is 32.1. The zero-order valence-electron chi connectivity index (χ0n) is 13.1. The average Bonchev–Trinajstić information content (AvgIpc) is 2.93. The average molecular weight is 329 g/mol. The third kappa shape index (κ3) is 6.40. The van der Waals surface area contributed by atoms with Gasteiger partial charge in [0, 0.05) is 11.3 Å². The number of hydrogen-bond donors (Lipinski definition) is 3. The Kier molecular flexibility index (Phi) is 7.83. The van der Waals surface area contributed by atoms with Crippen LogP contribution in [0.3, 0.4) is 0 Å². The zero-order chi connectivity index (χ0) is 16.5. The SMILES string of the molecule is CCCCOC(=O)NC[C@H](O)c1csc(NC(=O)C(C)C)n1. The van der Waals surface area contributed by atoms with E-state index in [1.165, 1.54) is 11.3 Å². The highest BCUT2D eigenvalue weighted by Crippen LogP contribution is 2.20. The Bertz CT molecular complexity index is 490. The zero-order valence-corrected chi connectivity index (χ0v) is 13.9. The number of aliphatic hydroxyl groups excluding tert-OH is 1. The van der Waals surface area contributed by atoms with Gasteiger partial charge < -0.3 is 20.5 Å². The number of rotatable bonds is 8. The third-order valence-corrected chi connectivity index (χ3v) is 3.56. The molecule has 22 heavy (non-hydrogen) atoms. The van der Waals surface area contributed by atoms with Crippen molar-refractivity contribution in [1.29, 1.82) is 0 Å². The fraction of sp³-hybridized carbons (Fsp3) is 0.643. The summed E-state index contributed by atoms with van der Waals surface area (Å²) >= 11 is 1.23. The molecular formula is C14H23N3O4S. The summed E-state index contributed by atoms with van der Waals surface area (Å²) in [6.07, 6.45) is 0.247. The minimum absolute atomic E-state index is 0.00621. The molecule has 1 heterocycles. The van der Waals surface area contributed by atoms with Crippen LogP contribution < -0.4 is 10.6 Å². The first-order valence-corrected chi connectivity index (χ1v) is 8.17. The molecule has 3 N–H and O–H groups in total. The molecule has 1 aromatic heterocycles. The minimum Gasteiger partial charge on any atom is -0.450 e. The van der Waals surface area contributed by atoms with Gasteiger partial charge in [0.15, 0.2) is 5.13 Å². The fourth-order valence-electron chi connectivity index (χ4n) is 1.39. The minimum atomic E-state index is -0.945. The third-order valence-electron chi connectivity index (χ3n) is 2.79. The number of thiazole rings is 1. The standard InChI is InChI=1S/C14H23N3O4S/c1-4-5-6-21-14(20)15-7-11(18)10-8-22-13(16-10)17-12(19)9(2)3/h8-9,11,18H,4-7H2,1-3H3,(H,15,20)(H,16,17,19)/t11-/m0/s1. The number of aromatic nitrogens is 1. The molecule has 0 unspecified atom stereocenters. The van der Waals surface area contributed by atoms with Crippen molar-refractivity contribution >= 4 is 28.5 Å². The first-order valence-electron chi connectivity index (χ1n) is 7.29. The van der Waals surface area contributed by atoms with E-state index >= 15 is 0 Å². The number of nitrogens with one attached hydrogen (secondary N) is 2. The summed E-state index contributed by atoms with van der Waals surface area (Å²) in [4.78, 5) is 27.0. The van der Waals surface area contributed by atoms with Crippen LogP contribution >= 0.6 is 11.3 Å². The van der Waals surface area contributed by atoms with E-state index in [1.54, 1.807) is 19.2 Å². The van der Waals surface area contributed by atoms with Crippen LogP contribution in [-0.2, 0) is 9.53 Å². The number of amides is 2. The summed E-state index contributed by atoms with van der Waals surface area (Å²) in [6.45, 7) is 5.94. The highest BCUT2D eigenvalue weighted by Gasteiger charge is 2.15. The van der Waals surface area contributed by atoms with Crippen molar-refractivity contribution in [3.05, 3.63) is 11.1 Å². The lowest BCUT2D eigenvalue weighted by Crippen LogP contribution is -2.29. The van der Waals surface area contributed by atoms with Gasteiger partial charge in [-0.1, -0.05) is 27.2 Å². The Hall–Kier alpha value is -1.67.